The van der Waals surface area contributed by atoms with Gasteiger partial charge in [-0.1, -0.05) is 12.1 Å². The maximum absolute atomic E-state index is 12.0. The van der Waals surface area contributed by atoms with Crippen molar-refractivity contribution in [1.82, 2.24) is 10.2 Å². The Morgan fingerprint density at radius 2 is 2.15 bits per heavy atom. The Morgan fingerprint density at radius 3 is 2.75 bits per heavy atom. The van der Waals surface area contributed by atoms with Crippen LogP contribution in [0.4, 0.5) is 0 Å². The Labute approximate surface area is 124 Å². The molecule has 0 bridgehead atoms. The minimum absolute atomic E-state index is 0.0405. The Kier molecular flexibility index (Phi) is 5.46. The molecule has 1 N–H and O–H groups in total. The molecule has 4 nitrogen and oxygen atoms in total. The Bertz CT molecular complexity index is 450. The highest BCUT2D eigenvalue weighted by Crippen LogP contribution is 2.25. The van der Waals surface area contributed by atoms with E-state index in [-0.39, 0.29) is 18.2 Å². The minimum Gasteiger partial charge on any atom is -0.377 e. The van der Waals surface area contributed by atoms with Crippen molar-refractivity contribution in [3.63, 3.8) is 0 Å². The SMILES string of the molecule is CCOC(C)CN1C(=O)CNC1c1ccc(SC)cc1. The zero-order chi connectivity index (χ0) is 14.5. The summed E-state index contributed by atoms with van der Waals surface area (Å²) in [6.45, 7) is 5.66. The number of ether oxygens (including phenoxy) is 1. The van der Waals surface area contributed by atoms with Gasteiger partial charge in [0, 0.05) is 18.0 Å². The predicted octanol–water partition coefficient (Wildman–Crippen LogP) is 2.26. The van der Waals surface area contributed by atoms with Crippen LogP contribution in [0.5, 0.6) is 0 Å². The second kappa shape index (κ2) is 7.11. The first-order valence-electron chi connectivity index (χ1n) is 6.94. The standard InChI is InChI=1S/C15H22N2O2S/c1-4-19-11(2)10-17-14(18)9-16-15(17)12-5-7-13(20-3)8-6-12/h5-8,11,15-16H,4,9-10H2,1-3H3. The molecule has 1 aromatic rings. The van der Waals surface area contributed by atoms with Crippen molar-refractivity contribution in [2.75, 3.05) is 26.0 Å². The van der Waals surface area contributed by atoms with Crippen LogP contribution in [0.25, 0.3) is 0 Å². The average molecular weight is 294 g/mol. The number of rotatable bonds is 6. The van der Waals surface area contributed by atoms with E-state index < -0.39 is 0 Å². The number of nitrogens with one attached hydrogen (secondary N) is 1. The summed E-state index contributed by atoms with van der Waals surface area (Å²) in [4.78, 5) is 15.1. The van der Waals surface area contributed by atoms with Gasteiger partial charge in [0.2, 0.25) is 5.91 Å². The molecule has 2 unspecified atom stereocenters. The van der Waals surface area contributed by atoms with Crippen molar-refractivity contribution in [1.29, 1.82) is 0 Å². The van der Waals surface area contributed by atoms with Crippen molar-refractivity contribution in [3.05, 3.63) is 29.8 Å². The van der Waals surface area contributed by atoms with Crippen LogP contribution in [-0.4, -0.2) is 42.9 Å². The second-order valence-corrected chi connectivity index (χ2v) is 5.75. The van der Waals surface area contributed by atoms with E-state index in [1.165, 1.54) is 4.90 Å². The molecule has 1 heterocycles. The quantitative estimate of drug-likeness (QED) is 0.817. The van der Waals surface area contributed by atoms with Gasteiger partial charge < -0.3 is 9.64 Å². The summed E-state index contributed by atoms with van der Waals surface area (Å²) in [5.41, 5.74) is 1.12. The normalized spacial score (nSPS) is 20.4. The van der Waals surface area contributed by atoms with Gasteiger partial charge in [-0.05, 0) is 37.8 Å². The molecule has 2 atom stereocenters. The Balaban J connectivity index is 2.10. The molecule has 1 aromatic carbocycles. The fourth-order valence-electron chi connectivity index (χ4n) is 2.45. The summed E-state index contributed by atoms with van der Waals surface area (Å²) in [6, 6.07) is 8.35. The van der Waals surface area contributed by atoms with Crippen LogP contribution < -0.4 is 5.32 Å². The summed E-state index contributed by atoms with van der Waals surface area (Å²) in [7, 11) is 0. The second-order valence-electron chi connectivity index (χ2n) is 4.87. The first-order chi connectivity index (χ1) is 9.65. The zero-order valence-corrected chi connectivity index (χ0v) is 13.1. The number of hydrogen-bond acceptors (Lipinski definition) is 4. The van der Waals surface area contributed by atoms with E-state index in [0.29, 0.717) is 19.7 Å². The molecule has 1 saturated heterocycles. The van der Waals surface area contributed by atoms with E-state index in [1.54, 1.807) is 11.8 Å². The molecule has 1 fully saturated rings. The van der Waals surface area contributed by atoms with Crippen LogP contribution in [0.3, 0.4) is 0 Å². The number of amides is 1. The number of nitrogens with zero attached hydrogens (tertiary/aromatic N) is 1. The van der Waals surface area contributed by atoms with E-state index in [9.17, 15) is 4.79 Å². The molecule has 2 rings (SSSR count). The van der Waals surface area contributed by atoms with Gasteiger partial charge in [0.15, 0.2) is 0 Å². The van der Waals surface area contributed by atoms with Gasteiger partial charge in [-0.2, -0.15) is 0 Å². The highest BCUT2D eigenvalue weighted by atomic mass is 32.2. The largest absolute Gasteiger partial charge is 0.377 e. The Hall–Kier alpha value is -1.04. The number of hydrogen-bond donors (Lipinski definition) is 1. The van der Waals surface area contributed by atoms with E-state index in [0.717, 1.165) is 5.56 Å². The number of thioether (sulfide) groups is 1. The smallest absolute Gasteiger partial charge is 0.238 e. The third-order valence-corrected chi connectivity index (χ3v) is 4.16. The fourth-order valence-corrected chi connectivity index (χ4v) is 2.85. The van der Waals surface area contributed by atoms with Crippen molar-refractivity contribution >= 4 is 17.7 Å². The van der Waals surface area contributed by atoms with Crippen LogP contribution in [0.2, 0.25) is 0 Å². The highest BCUT2D eigenvalue weighted by molar-refractivity contribution is 7.98. The van der Waals surface area contributed by atoms with E-state index in [2.05, 4.69) is 35.8 Å². The summed E-state index contributed by atoms with van der Waals surface area (Å²) in [5.74, 6) is 0.135. The molecule has 20 heavy (non-hydrogen) atoms. The summed E-state index contributed by atoms with van der Waals surface area (Å²) in [5, 5.41) is 3.27. The first kappa shape index (κ1) is 15.4. The molecule has 0 radical (unpaired) electrons. The molecule has 1 amide bonds. The van der Waals surface area contributed by atoms with Gasteiger partial charge in [0.25, 0.3) is 0 Å². The monoisotopic (exact) mass is 294 g/mol. The molecule has 0 aliphatic carbocycles. The van der Waals surface area contributed by atoms with Crippen LogP contribution in [0, 0.1) is 0 Å². The van der Waals surface area contributed by atoms with Gasteiger partial charge >= 0.3 is 0 Å². The lowest BCUT2D eigenvalue weighted by atomic mass is 10.1. The van der Waals surface area contributed by atoms with Crippen LogP contribution in [0.1, 0.15) is 25.6 Å². The maximum Gasteiger partial charge on any atom is 0.238 e. The number of carbonyl (C=O) groups is 1. The summed E-state index contributed by atoms with van der Waals surface area (Å²) in [6.07, 6.45) is 2.07. The molecule has 0 aromatic heterocycles. The summed E-state index contributed by atoms with van der Waals surface area (Å²) >= 11 is 1.72. The lowest BCUT2D eigenvalue weighted by molar-refractivity contribution is -0.129. The molecule has 1 aliphatic rings. The summed E-state index contributed by atoms with van der Waals surface area (Å²) < 4.78 is 5.55. The van der Waals surface area contributed by atoms with Crippen molar-refractivity contribution < 1.29 is 9.53 Å². The van der Waals surface area contributed by atoms with E-state index in [4.69, 9.17) is 4.74 Å². The minimum atomic E-state index is -0.0405. The highest BCUT2D eigenvalue weighted by Gasteiger charge is 2.32. The van der Waals surface area contributed by atoms with Gasteiger partial charge in [0.1, 0.15) is 6.17 Å². The molecule has 0 spiro atoms. The lowest BCUT2D eigenvalue weighted by Gasteiger charge is -2.27. The van der Waals surface area contributed by atoms with Crippen LogP contribution >= 0.6 is 11.8 Å². The topological polar surface area (TPSA) is 41.6 Å². The van der Waals surface area contributed by atoms with Gasteiger partial charge in [-0.25, -0.2) is 0 Å². The third kappa shape index (κ3) is 3.53. The molecular weight excluding hydrogens is 272 g/mol. The molecule has 0 saturated carbocycles. The van der Waals surface area contributed by atoms with Gasteiger partial charge in [-0.15, -0.1) is 11.8 Å². The predicted molar refractivity (Wildman–Crippen MR) is 81.8 cm³/mol. The van der Waals surface area contributed by atoms with Gasteiger partial charge in [0.05, 0.1) is 12.6 Å². The zero-order valence-electron chi connectivity index (χ0n) is 12.3. The maximum atomic E-state index is 12.0. The average Bonchev–Trinajstić information content (AvgIpc) is 2.81. The van der Waals surface area contributed by atoms with Crippen molar-refractivity contribution in [2.45, 2.75) is 31.0 Å². The number of benzene rings is 1. The van der Waals surface area contributed by atoms with Crippen LogP contribution in [0.15, 0.2) is 29.2 Å². The van der Waals surface area contributed by atoms with Crippen molar-refractivity contribution in [2.24, 2.45) is 0 Å². The molecule has 1 aliphatic heterocycles. The van der Waals surface area contributed by atoms with Gasteiger partial charge in [-0.3, -0.25) is 10.1 Å². The molecular formula is C15H22N2O2S. The van der Waals surface area contributed by atoms with E-state index >= 15 is 0 Å². The first-order valence-corrected chi connectivity index (χ1v) is 8.16. The Morgan fingerprint density at radius 1 is 1.45 bits per heavy atom. The van der Waals surface area contributed by atoms with Crippen LogP contribution in [-0.2, 0) is 9.53 Å². The lowest BCUT2D eigenvalue weighted by Crippen LogP contribution is -2.36. The molecule has 110 valence electrons. The number of carbonyl (C=O) groups excluding carboxylic acids is 1. The third-order valence-electron chi connectivity index (χ3n) is 3.42. The molecule has 5 heteroatoms. The fraction of sp³-hybridized carbons (Fsp3) is 0.533. The van der Waals surface area contributed by atoms with Crippen molar-refractivity contribution in [3.8, 4) is 0 Å². The van der Waals surface area contributed by atoms with E-state index in [1.807, 2.05) is 18.7 Å².